The first-order chi connectivity index (χ1) is 27.4. The van der Waals surface area contributed by atoms with Crippen LogP contribution in [-0.2, 0) is 36.9 Å². The van der Waals surface area contributed by atoms with Crippen LogP contribution in [0.1, 0.15) is 46.6 Å². The average Bonchev–Trinajstić information content (AvgIpc) is 3.46. The van der Waals surface area contributed by atoms with Crippen LogP contribution in [0.15, 0.2) is 112 Å². The van der Waals surface area contributed by atoms with Crippen LogP contribution in [0.3, 0.4) is 0 Å². The molecule has 58 heavy (non-hydrogen) atoms. The largest absolute Gasteiger partial charge is 0.503 e. The van der Waals surface area contributed by atoms with E-state index in [1.807, 2.05) is 0 Å². The Hall–Kier alpha value is -5.02. The summed E-state index contributed by atoms with van der Waals surface area (Å²) in [5.41, 5.74) is -4.10. The lowest BCUT2D eigenvalue weighted by Gasteiger charge is -2.55. The van der Waals surface area contributed by atoms with Gasteiger partial charge in [0.25, 0.3) is 0 Å². The van der Waals surface area contributed by atoms with E-state index in [-0.39, 0.29) is 44.9 Å². The molecule has 7 nitrogen and oxygen atoms in total. The number of anilines is 1. The molecule has 1 saturated carbocycles. The van der Waals surface area contributed by atoms with Gasteiger partial charge in [0, 0.05) is 21.9 Å². The number of nitrogens with zero attached hydrogens (tertiary/aromatic N) is 1. The first kappa shape index (κ1) is 39.8. The number of ether oxygens (including phenoxy) is 1. The highest BCUT2D eigenvalue weighted by Crippen LogP contribution is 2.65. The fourth-order valence-corrected chi connectivity index (χ4v) is 10.5. The van der Waals surface area contributed by atoms with Crippen LogP contribution in [0.4, 0.5) is 32.0 Å². The van der Waals surface area contributed by atoms with Crippen LogP contribution >= 0.6 is 31.9 Å². The SMILES string of the molecule is COc1cc([C@H]2C3=CC[C@@H]4C(=O)N(c5cc(C(F)(F)F)cc(C(F)(F)F)c5)C(=O)[C@@H]4[C@@H]3C[C@H]3C(=O)C(c4ccccc4)=CC(=O)[C@@]23c2ccccc2)c(Br)c(Br)c1O. The van der Waals surface area contributed by atoms with Gasteiger partial charge in [0.1, 0.15) is 0 Å². The molecule has 2 amide bonds. The van der Waals surface area contributed by atoms with E-state index in [0.717, 1.165) is 0 Å². The summed E-state index contributed by atoms with van der Waals surface area (Å²) in [6.07, 6.45) is -7.82. The van der Waals surface area contributed by atoms with E-state index in [0.29, 0.717) is 39.3 Å². The Morgan fingerprint density at radius 1 is 0.793 bits per heavy atom. The molecule has 0 aromatic heterocycles. The zero-order valence-electron chi connectivity index (χ0n) is 30.0. The minimum absolute atomic E-state index is 0.000316. The van der Waals surface area contributed by atoms with Crippen LogP contribution in [-0.4, -0.2) is 35.6 Å². The number of fused-ring (bicyclic) bond motifs is 4. The number of ketones is 2. The number of phenolic OH excluding ortho intramolecular Hbond substituents is 1. The van der Waals surface area contributed by atoms with Gasteiger partial charge in [-0.05, 0) is 97.7 Å². The van der Waals surface area contributed by atoms with Crippen molar-refractivity contribution in [3.8, 4) is 11.5 Å². The molecule has 15 heteroatoms. The lowest BCUT2D eigenvalue weighted by atomic mass is 9.44. The first-order valence-electron chi connectivity index (χ1n) is 17.9. The Kier molecular flexibility index (Phi) is 9.65. The summed E-state index contributed by atoms with van der Waals surface area (Å²) in [4.78, 5) is 59.7. The van der Waals surface area contributed by atoms with E-state index >= 15 is 9.59 Å². The highest BCUT2D eigenvalue weighted by atomic mass is 79.9. The van der Waals surface area contributed by atoms with Crippen molar-refractivity contribution >= 4 is 66.5 Å². The number of hydrogen-bond acceptors (Lipinski definition) is 6. The summed E-state index contributed by atoms with van der Waals surface area (Å²) in [5, 5.41) is 11.0. The molecule has 3 aliphatic carbocycles. The molecule has 0 spiro atoms. The van der Waals surface area contributed by atoms with Gasteiger partial charge in [-0.15, -0.1) is 0 Å². The third-order valence-corrected chi connectivity index (χ3v) is 14.1. The zero-order chi connectivity index (χ0) is 41.6. The Labute approximate surface area is 343 Å². The van der Waals surface area contributed by atoms with Crippen molar-refractivity contribution in [1.29, 1.82) is 0 Å². The van der Waals surface area contributed by atoms with Crippen molar-refractivity contribution in [2.45, 2.75) is 36.5 Å². The summed E-state index contributed by atoms with van der Waals surface area (Å²) in [6.45, 7) is 0. The maximum atomic E-state index is 15.3. The molecule has 6 atom stereocenters. The van der Waals surface area contributed by atoms with Gasteiger partial charge in [0.2, 0.25) is 11.8 Å². The molecule has 298 valence electrons. The van der Waals surface area contributed by atoms with Gasteiger partial charge in [0.15, 0.2) is 23.1 Å². The predicted molar refractivity (Wildman–Crippen MR) is 206 cm³/mol. The number of phenols is 1. The van der Waals surface area contributed by atoms with Crippen LogP contribution in [0.2, 0.25) is 0 Å². The van der Waals surface area contributed by atoms with Crippen LogP contribution < -0.4 is 9.64 Å². The van der Waals surface area contributed by atoms with Gasteiger partial charge in [-0.2, -0.15) is 26.3 Å². The molecule has 1 aliphatic heterocycles. The maximum absolute atomic E-state index is 15.3. The number of hydrogen-bond donors (Lipinski definition) is 1. The zero-order valence-corrected chi connectivity index (χ0v) is 33.2. The molecule has 2 fully saturated rings. The van der Waals surface area contributed by atoms with Crippen molar-refractivity contribution in [3.63, 3.8) is 0 Å². The second-order valence-electron chi connectivity index (χ2n) is 14.7. The third kappa shape index (κ3) is 5.98. The fraction of sp³-hybridized carbons (Fsp3) is 0.256. The summed E-state index contributed by atoms with van der Waals surface area (Å²) in [7, 11) is 1.32. The second-order valence-corrected chi connectivity index (χ2v) is 16.3. The van der Waals surface area contributed by atoms with E-state index in [4.69, 9.17) is 4.74 Å². The summed E-state index contributed by atoms with van der Waals surface area (Å²) >= 11 is 7.01. The Bertz CT molecular complexity index is 2450. The third-order valence-electron chi connectivity index (χ3n) is 11.9. The normalized spacial score (nSPS) is 25.8. The lowest BCUT2D eigenvalue weighted by Crippen LogP contribution is -2.59. The van der Waals surface area contributed by atoms with Crippen molar-refractivity contribution in [1.82, 2.24) is 0 Å². The minimum atomic E-state index is -5.24. The van der Waals surface area contributed by atoms with E-state index in [9.17, 15) is 41.0 Å². The highest BCUT2D eigenvalue weighted by Gasteiger charge is 2.66. The standard InChI is InChI=1S/C43H29Br2F6NO6/c1-58-31-18-29(35(44)36(45)38(31)55)34-25-12-13-26-33(40(57)52(39(26)56)24-15-22(42(46,47)48)14-23(16-24)43(49,50)51)28(25)17-30-37(54)27(20-8-4-2-5-9-20)19-32(53)41(30,34)21-10-6-3-7-11-21/h2-12,14-16,18-19,26,28,30,33-34,55H,13,17H2,1H3/t26-,28+,30-,33-,34+,41-/m0/s1. The number of methoxy groups -OCH3 is 1. The van der Waals surface area contributed by atoms with E-state index in [1.165, 1.54) is 19.3 Å². The van der Waals surface area contributed by atoms with Crippen molar-refractivity contribution < 1.29 is 55.4 Å². The molecular formula is C43H29Br2F6NO6. The molecular weight excluding hydrogens is 900 g/mol. The summed E-state index contributed by atoms with van der Waals surface area (Å²) in [6, 6.07) is 19.2. The van der Waals surface area contributed by atoms with Crippen LogP contribution in [0.25, 0.3) is 5.57 Å². The molecule has 1 saturated heterocycles. The molecule has 1 N–H and O–H groups in total. The molecule has 1 heterocycles. The number of benzene rings is 4. The Morgan fingerprint density at radius 3 is 1.98 bits per heavy atom. The van der Waals surface area contributed by atoms with E-state index in [2.05, 4.69) is 31.9 Å². The van der Waals surface area contributed by atoms with Gasteiger partial charge >= 0.3 is 12.4 Å². The minimum Gasteiger partial charge on any atom is -0.503 e. The molecule has 0 radical (unpaired) electrons. The molecule has 8 rings (SSSR count). The van der Waals surface area contributed by atoms with Gasteiger partial charge in [0.05, 0.1) is 45.6 Å². The molecule has 4 aromatic rings. The number of allylic oxidation sites excluding steroid dienone is 4. The fourth-order valence-electron chi connectivity index (χ4n) is 9.52. The monoisotopic (exact) mass is 927 g/mol. The number of aromatic hydroxyl groups is 1. The highest BCUT2D eigenvalue weighted by molar-refractivity contribution is 9.13. The van der Waals surface area contributed by atoms with Gasteiger partial charge in [-0.3, -0.25) is 19.2 Å². The number of carbonyl (C=O) groups is 4. The summed E-state index contributed by atoms with van der Waals surface area (Å²) < 4.78 is 89.8. The average molecular weight is 930 g/mol. The number of Topliss-reactive ketones (excluding diaryl/α,β-unsaturated/α-hetero) is 1. The van der Waals surface area contributed by atoms with Crippen LogP contribution in [0, 0.1) is 23.7 Å². The topological polar surface area (TPSA) is 101 Å². The molecule has 0 unspecified atom stereocenters. The van der Waals surface area contributed by atoms with Gasteiger partial charge < -0.3 is 9.84 Å². The van der Waals surface area contributed by atoms with E-state index < -0.39 is 87.6 Å². The summed E-state index contributed by atoms with van der Waals surface area (Å²) in [5.74, 6) is -9.02. The molecule has 4 aliphatic rings. The van der Waals surface area contributed by atoms with Gasteiger partial charge in [-0.25, -0.2) is 4.90 Å². The predicted octanol–water partition coefficient (Wildman–Crippen LogP) is 9.99. The van der Waals surface area contributed by atoms with Crippen LogP contribution in [0.5, 0.6) is 11.5 Å². The second kappa shape index (κ2) is 14.1. The van der Waals surface area contributed by atoms with Crippen molar-refractivity contribution in [3.05, 3.63) is 139 Å². The van der Waals surface area contributed by atoms with Crippen molar-refractivity contribution in [2.24, 2.45) is 23.7 Å². The number of halogens is 8. The number of rotatable bonds is 5. The number of imide groups is 1. The van der Waals surface area contributed by atoms with E-state index in [1.54, 1.807) is 66.7 Å². The first-order valence-corrected chi connectivity index (χ1v) is 19.5. The molecule has 0 bridgehead atoms. The number of amides is 2. The smallest absolute Gasteiger partial charge is 0.416 e. The van der Waals surface area contributed by atoms with Gasteiger partial charge in [-0.1, -0.05) is 72.3 Å². The Morgan fingerprint density at radius 2 is 1.40 bits per heavy atom. The Balaban J connectivity index is 1.37. The maximum Gasteiger partial charge on any atom is 0.416 e. The number of carbonyl (C=O) groups excluding carboxylic acids is 4. The lowest BCUT2D eigenvalue weighted by molar-refractivity contribution is -0.143. The number of alkyl halides is 6. The molecule has 4 aromatic carbocycles. The van der Waals surface area contributed by atoms with Crippen molar-refractivity contribution in [2.75, 3.05) is 12.0 Å². The quantitative estimate of drug-likeness (QED) is 0.122.